The third-order valence-electron chi connectivity index (χ3n) is 4.99. The number of aromatic nitrogens is 1. The molecule has 3 aromatic rings. The molecule has 0 atom stereocenters. The van der Waals surface area contributed by atoms with Crippen molar-refractivity contribution in [2.75, 3.05) is 6.61 Å². The molecule has 6 heteroatoms. The Balaban J connectivity index is 1.70. The van der Waals surface area contributed by atoms with Crippen LogP contribution in [0.5, 0.6) is 5.75 Å². The minimum Gasteiger partial charge on any atom is -0.494 e. The Bertz CT molecular complexity index is 1160. The van der Waals surface area contributed by atoms with Crippen LogP contribution in [-0.2, 0) is 12.0 Å². The second kappa shape index (κ2) is 10.1. The molecule has 0 aliphatic heterocycles. The third-order valence-corrected chi connectivity index (χ3v) is 4.99. The lowest BCUT2D eigenvalue weighted by Gasteiger charge is -2.19. The zero-order chi connectivity index (χ0) is 23.1. The summed E-state index contributed by atoms with van der Waals surface area (Å²) >= 11 is 0. The maximum absolute atomic E-state index is 12.8. The summed E-state index contributed by atoms with van der Waals surface area (Å²) in [6.45, 7) is 9.34. The van der Waals surface area contributed by atoms with Crippen LogP contribution in [0.4, 0.5) is 0 Å². The highest BCUT2D eigenvalue weighted by Crippen LogP contribution is 2.22. The summed E-state index contributed by atoms with van der Waals surface area (Å²) in [6.07, 6.45) is 3.19. The van der Waals surface area contributed by atoms with E-state index in [4.69, 9.17) is 4.74 Å². The van der Waals surface area contributed by atoms with Gasteiger partial charge in [-0.05, 0) is 53.3 Å². The van der Waals surface area contributed by atoms with E-state index >= 15 is 0 Å². The predicted octanol–water partition coefficient (Wildman–Crippen LogP) is 4.36. The SMILES string of the molecule is CCOc1cccc(/C=N\NC(=O)c2cccn(Cc3ccc(C(C)(C)C)cc3)c2=O)c1. The van der Waals surface area contributed by atoms with Crippen LogP contribution in [0.3, 0.4) is 0 Å². The highest BCUT2D eigenvalue weighted by molar-refractivity contribution is 5.94. The molecular weight excluding hydrogens is 402 g/mol. The monoisotopic (exact) mass is 431 g/mol. The van der Waals surface area contributed by atoms with Gasteiger partial charge in [0.2, 0.25) is 0 Å². The molecule has 166 valence electrons. The van der Waals surface area contributed by atoms with Crippen LogP contribution in [0.2, 0.25) is 0 Å². The zero-order valence-electron chi connectivity index (χ0n) is 19.0. The third kappa shape index (κ3) is 5.94. The van der Waals surface area contributed by atoms with Gasteiger partial charge >= 0.3 is 0 Å². The first-order chi connectivity index (χ1) is 15.3. The van der Waals surface area contributed by atoms with E-state index in [0.29, 0.717) is 13.2 Å². The molecule has 0 aliphatic rings. The van der Waals surface area contributed by atoms with Gasteiger partial charge in [-0.1, -0.05) is 57.2 Å². The van der Waals surface area contributed by atoms with Gasteiger partial charge in [-0.25, -0.2) is 5.43 Å². The van der Waals surface area contributed by atoms with Crippen LogP contribution < -0.4 is 15.7 Å². The molecule has 0 saturated carbocycles. The van der Waals surface area contributed by atoms with Gasteiger partial charge in [-0.3, -0.25) is 9.59 Å². The minimum absolute atomic E-state index is 0.0408. The maximum atomic E-state index is 12.8. The Morgan fingerprint density at radius 1 is 1.09 bits per heavy atom. The number of hydrogen-bond donors (Lipinski definition) is 1. The van der Waals surface area contributed by atoms with Crippen molar-refractivity contribution in [3.8, 4) is 5.75 Å². The van der Waals surface area contributed by atoms with Crippen LogP contribution in [0.15, 0.2) is 76.8 Å². The molecule has 1 heterocycles. The molecule has 1 aromatic heterocycles. The number of hydrogen-bond acceptors (Lipinski definition) is 4. The van der Waals surface area contributed by atoms with E-state index in [1.165, 1.54) is 22.4 Å². The van der Waals surface area contributed by atoms with Crippen LogP contribution in [0.25, 0.3) is 0 Å². The first-order valence-corrected chi connectivity index (χ1v) is 10.6. The predicted molar refractivity (Wildman–Crippen MR) is 128 cm³/mol. The normalized spacial score (nSPS) is 11.5. The lowest BCUT2D eigenvalue weighted by atomic mass is 9.87. The summed E-state index contributed by atoms with van der Waals surface area (Å²) < 4.78 is 6.97. The fourth-order valence-corrected chi connectivity index (χ4v) is 3.22. The standard InChI is InChI=1S/C26H29N3O3/c1-5-32-22-9-6-8-20(16-22)17-27-28-24(30)23-10-7-15-29(25(23)31)18-19-11-13-21(14-12-19)26(2,3)4/h6-17H,5,18H2,1-4H3,(H,28,30)/b27-17-. The molecule has 0 unspecified atom stereocenters. The Morgan fingerprint density at radius 2 is 1.84 bits per heavy atom. The van der Waals surface area contributed by atoms with Crippen molar-refractivity contribution in [1.82, 2.24) is 9.99 Å². The summed E-state index contributed by atoms with van der Waals surface area (Å²) in [5.74, 6) is 0.175. The van der Waals surface area contributed by atoms with Gasteiger partial charge in [-0.15, -0.1) is 0 Å². The van der Waals surface area contributed by atoms with E-state index in [0.717, 1.165) is 16.9 Å². The number of rotatable bonds is 7. The molecule has 6 nitrogen and oxygen atoms in total. The largest absolute Gasteiger partial charge is 0.494 e. The number of carbonyl (C=O) groups excluding carboxylic acids is 1. The van der Waals surface area contributed by atoms with E-state index in [9.17, 15) is 9.59 Å². The average Bonchev–Trinajstić information content (AvgIpc) is 2.75. The number of nitrogens with one attached hydrogen (secondary N) is 1. The summed E-state index contributed by atoms with van der Waals surface area (Å²) in [4.78, 5) is 25.3. The number of carbonyl (C=O) groups is 1. The molecule has 3 rings (SSSR count). The average molecular weight is 432 g/mol. The van der Waals surface area contributed by atoms with Crippen LogP contribution >= 0.6 is 0 Å². The molecule has 0 spiro atoms. The van der Waals surface area contributed by atoms with Gasteiger partial charge in [0.05, 0.1) is 19.4 Å². The summed E-state index contributed by atoms with van der Waals surface area (Å²) in [7, 11) is 0. The fourth-order valence-electron chi connectivity index (χ4n) is 3.22. The highest BCUT2D eigenvalue weighted by Gasteiger charge is 2.14. The first kappa shape index (κ1) is 23.0. The number of nitrogens with zero attached hydrogens (tertiary/aromatic N) is 2. The Morgan fingerprint density at radius 3 is 2.53 bits per heavy atom. The van der Waals surface area contributed by atoms with Gasteiger partial charge in [0.15, 0.2) is 0 Å². The number of hydrazone groups is 1. The van der Waals surface area contributed by atoms with E-state index in [1.54, 1.807) is 12.3 Å². The van der Waals surface area contributed by atoms with Crippen molar-refractivity contribution < 1.29 is 9.53 Å². The van der Waals surface area contributed by atoms with Crippen molar-refractivity contribution in [2.24, 2.45) is 5.10 Å². The van der Waals surface area contributed by atoms with Gasteiger partial charge in [0.25, 0.3) is 11.5 Å². The number of ether oxygens (including phenoxy) is 1. The minimum atomic E-state index is -0.551. The number of amides is 1. The number of pyridine rings is 1. The van der Waals surface area contributed by atoms with Crippen LogP contribution in [0.1, 0.15) is 54.7 Å². The summed E-state index contributed by atoms with van der Waals surface area (Å²) in [5, 5.41) is 3.98. The zero-order valence-corrected chi connectivity index (χ0v) is 19.0. The molecule has 0 saturated heterocycles. The summed E-state index contributed by atoms with van der Waals surface area (Å²) in [6, 6.07) is 18.7. The summed E-state index contributed by atoms with van der Waals surface area (Å²) in [5.41, 5.74) is 5.17. The first-order valence-electron chi connectivity index (χ1n) is 10.6. The highest BCUT2D eigenvalue weighted by atomic mass is 16.5. The molecule has 0 radical (unpaired) electrons. The lowest BCUT2D eigenvalue weighted by Crippen LogP contribution is -2.30. The molecule has 0 fully saturated rings. The van der Waals surface area contributed by atoms with E-state index in [1.807, 2.05) is 43.3 Å². The Hall–Kier alpha value is -3.67. The number of benzene rings is 2. The van der Waals surface area contributed by atoms with Crippen molar-refractivity contribution >= 4 is 12.1 Å². The molecule has 1 N–H and O–H groups in total. The van der Waals surface area contributed by atoms with Gasteiger partial charge < -0.3 is 9.30 Å². The molecule has 1 amide bonds. The van der Waals surface area contributed by atoms with E-state index < -0.39 is 5.91 Å². The lowest BCUT2D eigenvalue weighted by molar-refractivity contribution is 0.0953. The van der Waals surface area contributed by atoms with E-state index in [-0.39, 0.29) is 16.5 Å². The Labute approximate surface area is 188 Å². The molecule has 2 aromatic carbocycles. The quantitative estimate of drug-likeness (QED) is 0.446. The van der Waals surface area contributed by atoms with Crippen molar-refractivity contribution in [1.29, 1.82) is 0 Å². The smallest absolute Gasteiger partial charge is 0.276 e. The van der Waals surface area contributed by atoms with Crippen molar-refractivity contribution in [3.05, 3.63) is 99.5 Å². The molecular formula is C26H29N3O3. The topological polar surface area (TPSA) is 72.7 Å². The van der Waals surface area contributed by atoms with Gasteiger partial charge in [0, 0.05) is 6.20 Å². The van der Waals surface area contributed by atoms with Gasteiger partial charge in [0.1, 0.15) is 11.3 Å². The second-order valence-corrected chi connectivity index (χ2v) is 8.51. The second-order valence-electron chi connectivity index (χ2n) is 8.51. The molecule has 0 aliphatic carbocycles. The van der Waals surface area contributed by atoms with Crippen LogP contribution in [-0.4, -0.2) is 23.3 Å². The molecule has 0 bridgehead atoms. The van der Waals surface area contributed by atoms with Crippen molar-refractivity contribution in [2.45, 2.75) is 39.7 Å². The van der Waals surface area contributed by atoms with E-state index in [2.05, 4.69) is 43.4 Å². The molecule has 32 heavy (non-hydrogen) atoms. The van der Waals surface area contributed by atoms with Crippen molar-refractivity contribution in [3.63, 3.8) is 0 Å². The maximum Gasteiger partial charge on any atom is 0.276 e. The fraction of sp³-hybridized carbons (Fsp3) is 0.269. The van der Waals surface area contributed by atoms with Crippen LogP contribution in [0, 0.1) is 0 Å². The Kier molecular flexibility index (Phi) is 7.25. The van der Waals surface area contributed by atoms with Gasteiger partial charge in [-0.2, -0.15) is 5.10 Å².